The molecule has 0 saturated carbocycles. The number of ether oxygens (including phenoxy) is 1. The molecule has 0 radical (unpaired) electrons. The van der Waals surface area contributed by atoms with Crippen molar-refractivity contribution >= 4 is 5.97 Å². The van der Waals surface area contributed by atoms with Crippen LogP contribution in [0.5, 0.6) is 0 Å². The number of carbonyl (C=O) groups is 1. The summed E-state index contributed by atoms with van der Waals surface area (Å²) in [6.45, 7) is 5.75. The second-order valence-corrected chi connectivity index (χ2v) is 4.93. The molecule has 106 valence electrons. The van der Waals surface area contributed by atoms with Gasteiger partial charge >= 0.3 is 5.97 Å². The van der Waals surface area contributed by atoms with Crippen LogP contribution in [0.15, 0.2) is 24.3 Å². The standard InChI is InChI=1S/C16H24O3/c1-3-5-6-13(4-2)11-19-12-14-7-9-15(10-8-14)16(17)18/h7-10,13H,3-6,11-12H2,1-2H3,(H,17,18). The van der Waals surface area contributed by atoms with Gasteiger partial charge < -0.3 is 9.84 Å². The fourth-order valence-corrected chi connectivity index (χ4v) is 1.99. The number of hydrogen-bond acceptors (Lipinski definition) is 2. The fourth-order valence-electron chi connectivity index (χ4n) is 1.99. The lowest BCUT2D eigenvalue weighted by atomic mass is 10.0. The van der Waals surface area contributed by atoms with Crippen LogP contribution in [0.25, 0.3) is 0 Å². The molecule has 0 bridgehead atoms. The molecule has 0 aliphatic rings. The number of unbranched alkanes of at least 4 members (excludes halogenated alkanes) is 1. The van der Waals surface area contributed by atoms with Crippen LogP contribution in [0, 0.1) is 5.92 Å². The predicted octanol–water partition coefficient (Wildman–Crippen LogP) is 4.12. The maximum atomic E-state index is 10.7. The number of carboxylic acids is 1. The number of hydrogen-bond donors (Lipinski definition) is 1. The lowest BCUT2D eigenvalue weighted by Crippen LogP contribution is -2.09. The van der Waals surface area contributed by atoms with E-state index >= 15 is 0 Å². The first-order valence-corrected chi connectivity index (χ1v) is 7.07. The van der Waals surface area contributed by atoms with Crippen molar-refractivity contribution in [1.82, 2.24) is 0 Å². The second kappa shape index (κ2) is 8.70. The lowest BCUT2D eigenvalue weighted by Gasteiger charge is -2.14. The molecule has 1 unspecified atom stereocenters. The Morgan fingerprint density at radius 2 is 1.95 bits per heavy atom. The summed E-state index contributed by atoms with van der Waals surface area (Å²) in [4.78, 5) is 10.7. The normalized spacial score (nSPS) is 12.3. The van der Waals surface area contributed by atoms with Crippen LogP contribution < -0.4 is 0 Å². The summed E-state index contributed by atoms with van der Waals surface area (Å²) in [6.07, 6.45) is 4.87. The molecule has 1 aromatic carbocycles. The molecular formula is C16H24O3. The summed E-state index contributed by atoms with van der Waals surface area (Å²) in [6, 6.07) is 6.87. The van der Waals surface area contributed by atoms with Crippen molar-refractivity contribution in [3.05, 3.63) is 35.4 Å². The van der Waals surface area contributed by atoms with Gasteiger partial charge in [0.25, 0.3) is 0 Å². The first kappa shape index (κ1) is 15.7. The SMILES string of the molecule is CCCCC(CC)COCc1ccc(C(=O)O)cc1. The molecule has 0 heterocycles. The van der Waals surface area contributed by atoms with Gasteiger partial charge in [-0.1, -0.05) is 45.2 Å². The summed E-state index contributed by atoms with van der Waals surface area (Å²) < 4.78 is 5.72. The topological polar surface area (TPSA) is 46.5 Å². The van der Waals surface area contributed by atoms with Crippen LogP contribution in [-0.2, 0) is 11.3 Å². The van der Waals surface area contributed by atoms with Gasteiger partial charge in [0.2, 0.25) is 0 Å². The van der Waals surface area contributed by atoms with E-state index in [4.69, 9.17) is 9.84 Å². The van der Waals surface area contributed by atoms with Crippen molar-refractivity contribution < 1.29 is 14.6 Å². The minimum atomic E-state index is -0.891. The smallest absolute Gasteiger partial charge is 0.335 e. The molecular weight excluding hydrogens is 240 g/mol. The van der Waals surface area contributed by atoms with E-state index in [0.29, 0.717) is 18.1 Å². The molecule has 1 rings (SSSR count). The van der Waals surface area contributed by atoms with Crippen molar-refractivity contribution in [3.8, 4) is 0 Å². The van der Waals surface area contributed by atoms with Gasteiger partial charge in [-0.3, -0.25) is 0 Å². The average Bonchev–Trinajstić information content (AvgIpc) is 2.43. The van der Waals surface area contributed by atoms with Crippen LogP contribution in [0.3, 0.4) is 0 Å². The number of carboxylic acid groups (broad SMARTS) is 1. The van der Waals surface area contributed by atoms with Crippen molar-refractivity contribution in [1.29, 1.82) is 0 Å². The Labute approximate surface area is 115 Å². The van der Waals surface area contributed by atoms with Gasteiger partial charge in [-0.15, -0.1) is 0 Å². The monoisotopic (exact) mass is 264 g/mol. The highest BCUT2D eigenvalue weighted by Gasteiger charge is 2.06. The zero-order valence-electron chi connectivity index (χ0n) is 11.9. The Morgan fingerprint density at radius 3 is 2.47 bits per heavy atom. The van der Waals surface area contributed by atoms with Gasteiger partial charge in [0, 0.05) is 6.61 Å². The Bertz CT molecular complexity index is 370. The molecule has 0 amide bonds. The molecule has 1 aromatic rings. The van der Waals surface area contributed by atoms with Crippen molar-refractivity contribution in [2.24, 2.45) is 5.92 Å². The first-order valence-electron chi connectivity index (χ1n) is 7.07. The lowest BCUT2D eigenvalue weighted by molar-refractivity contribution is 0.0696. The third-order valence-corrected chi connectivity index (χ3v) is 3.37. The van der Waals surface area contributed by atoms with Gasteiger partial charge in [0.05, 0.1) is 12.2 Å². The molecule has 0 fully saturated rings. The summed E-state index contributed by atoms with van der Waals surface area (Å²) in [5.41, 5.74) is 1.34. The Morgan fingerprint density at radius 1 is 1.26 bits per heavy atom. The Hall–Kier alpha value is -1.35. The third-order valence-electron chi connectivity index (χ3n) is 3.37. The molecule has 0 aliphatic carbocycles. The second-order valence-electron chi connectivity index (χ2n) is 4.93. The van der Waals surface area contributed by atoms with E-state index in [9.17, 15) is 4.79 Å². The third kappa shape index (κ3) is 5.88. The first-order chi connectivity index (χ1) is 9.17. The molecule has 0 saturated heterocycles. The quantitative estimate of drug-likeness (QED) is 0.730. The summed E-state index contributed by atoms with van der Waals surface area (Å²) >= 11 is 0. The number of aromatic carboxylic acids is 1. The van der Waals surface area contributed by atoms with E-state index < -0.39 is 5.97 Å². The van der Waals surface area contributed by atoms with Crippen LogP contribution >= 0.6 is 0 Å². The molecule has 0 spiro atoms. The summed E-state index contributed by atoms with van der Waals surface area (Å²) in [5.74, 6) is -0.253. The molecule has 19 heavy (non-hydrogen) atoms. The van der Waals surface area contributed by atoms with E-state index in [0.717, 1.165) is 18.6 Å². The maximum absolute atomic E-state index is 10.7. The molecule has 1 N–H and O–H groups in total. The zero-order valence-corrected chi connectivity index (χ0v) is 11.9. The van der Waals surface area contributed by atoms with Crippen LogP contribution in [0.1, 0.15) is 55.5 Å². The Balaban J connectivity index is 2.33. The maximum Gasteiger partial charge on any atom is 0.335 e. The van der Waals surface area contributed by atoms with Gasteiger partial charge in [0.1, 0.15) is 0 Å². The number of rotatable bonds is 9. The van der Waals surface area contributed by atoms with Crippen molar-refractivity contribution in [3.63, 3.8) is 0 Å². The zero-order chi connectivity index (χ0) is 14.1. The van der Waals surface area contributed by atoms with Gasteiger partial charge in [0.15, 0.2) is 0 Å². The van der Waals surface area contributed by atoms with Crippen LogP contribution in [0.2, 0.25) is 0 Å². The van der Waals surface area contributed by atoms with Gasteiger partial charge in [-0.25, -0.2) is 4.79 Å². The molecule has 3 nitrogen and oxygen atoms in total. The van der Waals surface area contributed by atoms with Crippen molar-refractivity contribution in [2.45, 2.75) is 46.1 Å². The molecule has 0 aliphatic heterocycles. The van der Waals surface area contributed by atoms with E-state index in [1.54, 1.807) is 12.1 Å². The molecule has 0 aromatic heterocycles. The fraction of sp³-hybridized carbons (Fsp3) is 0.562. The number of benzene rings is 1. The summed E-state index contributed by atoms with van der Waals surface area (Å²) in [7, 11) is 0. The van der Waals surface area contributed by atoms with Crippen LogP contribution in [0.4, 0.5) is 0 Å². The van der Waals surface area contributed by atoms with E-state index in [1.807, 2.05) is 12.1 Å². The summed E-state index contributed by atoms with van der Waals surface area (Å²) in [5, 5.41) is 8.81. The van der Waals surface area contributed by atoms with Gasteiger partial charge in [-0.2, -0.15) is 0 Å². The van der Waals surface area contributed by atoms with Crippen LogP contribution in [-0.4, -0.2) is 17.7 Å². The highest BCUT2D eigenvalue weighted by atomic mass is 16.5. The average molecular weight is 264 g/mol. The van der Waals surface area contributed by atoms with E-state index in [-0.39, 0.29) is 0 Å². The van der Waals surface area contributed by atoms with E-state index in [1.165, 1.54) is 19.3 Å². The highest BCUT2D eigenvalue weighted by molar-refractivity contribution is 5.87. The van der Waals surface area contributed by atoms with Gasteiger partial charge in [-0.05, 0) is 30.0 Å². The highest BCUT2D eigenvalue weighted by Crippen LogP contribution is 2.14. The molecule has 1 atom stereocenters. The predicted molar refractivity (Wildman–Crippen MR) is 76.4 cm³/mol. The minimum absolute atomic E-state index is 0.318. The Kier molecular flexibility index (Phi) is 7.19. The van der Waals surface area contributed by atoms with Crippen molar-refractivity contribution in [2.75, 3.05) is 6.61 Å². The molecule has 3 heteroatoms. The van der Waals surface area contributed by atoms with E-state index in [2.05, 4.69) is 13.8 Å². The largest absolute Gasteiger partial charge is 0.478 e. The minimum Gasteiger partial charge on any atom is -0.478 e.